The molecule has 3 aromatic carbocycles. The first-order chi connectivity index (χ1) is 19.3. The number of ether oxygens (including phenoxy) is 2. The summed E-state index contributed by atoms with van der Waals surface area (Å²) in [6.45, 7) is 7.25. The van der Waals surface area contributed by atoms with Crippen molar-refractivity contribution in [1.29, 1.82) is 0 Å². The fourth-order valence-electron chi connectivity index (χ4n) is 4.55. The van der Waals surface area contributed by atoms with Crippen molar-refractivity contribution in [2.45, 2.75) is 52.2 Å². The zero-order valence-electron chi connectivity index (χ0n) is 24.1. The summed E-state index contributed by atoms with van der Waals surface area (Å²) in [5, 5.41) is 3.02. The Bertz CT molecular complexity index is 1480. The number of anilines is 1. The number of benzene rings is 3. The molecule has 1 atom stereocenters. The maximum absolute atomic E-state index is 14.2. The lowest BCUT2D eigenvalue weighted by Gasteiger charge is -2.35. The van der Waals surface area contributed by atoms with Crippen LogP contribution in [0.3, 0.4) is 0 Å². The standard InChI is InChI=1S/C31H37N3O6S/c1-22-11-13-24(14-12-22)19-33(26(30(36)32-31(2,3)4)17-23-9-7-6-8-10-23)29(35)20-34(41(5,37)38)25-15-16-27-28(18-25)40-21-39-27/h6-16,18,26H,17,19-21H2,1-5H3,(H,32,36)/t26-/m1/s1. The van der Waals surface area contributed by atoms with Gasteiger partial charge in [0, 0.05) is 24.6 Å². The minimum absolute atomic E-state index is 0.0327. The second-order valence-electron chi connectivity index (χ2n) is 11.3. The van der Waals surface area contributed by atoms with Crippen LogP contribution in [0.1, 0.15) is 37.5 Å². The highest BCUT2D eigenvalue weighted by Gasteiger charge is 2.34. The van der Waals surface area contributed by atoms with Gasteiger partial charge in [0.05, 0.1) is 11.9 Å². The molecule has 0 saturated carbocycles. The minimum atomic E-state index is -3.89. The summed E-state index contributed by atoms with van der Waals surface area (Å²) < 4.78 is 37.8. The molecule has 3 aromatic rings. The smallest absolute Gasteiger partial charge is 0.244 e. The van der Waals surface area contributed by atoms with Gasteiger partial charge < -0.3 is 19.7 Å². The molecule has 1 aliphatic rings. The molecule has 0 unspecified atom stereocenters. The van der Waals surface area contributed by atoms with Gasteiger partial charge in [0.25, 0.3) is 0 Å². The van der Waals surface area contributed by atoms with Crippen LogP contribution in [0.25, 0.3) is 0 Å². The summed E-state index contributed by atoms with van der Waals surface area (Å²) in [5.74, 6) is 0.0531. The van der Waals surface area contributed by atoms with Gasteiger partial charge in [-0.3, -0.25) is 13.9 Å². The highest BCUT2D eigenvalue weighted by Crippen LogP contribution is 2.36. The van der Waals surface area contributed by atoms with Crippen LogP contribution in [0.5, 0.6) is 11.5 Å². The number of carbonyl (C=O) groups is 2. The average Bonchev–Trinajstić information content (AvgIpc) is 3.37. The normalized spacial score (nSPS) is 13.4. The molecule has 0 bridgehead atoms. The van der Waals surface area contributed by atoms with Gasteiger partial charge in [-0.2, -0.15) is 0 Å². The Balaban J connectivity index is 1.74. The van der Waals surface area contributed by atoms with E-state index in [1.54, 1.807) is 12.1 Å². The highest BCUT2D eigenvalue weighted by atomic mass is 32.2. The summed E-state index contributed by atoms with van der Waals surface area (Å²) in [6.07, 6.45) is 1.30. The van der Waals surface area contributed by atoms with Crippen LogP contribution >= 0.6 is 0 Å². The third-order valence-electron chi connectivity index (χ3n) is 6.57. The lowest BCUT2D eigenvalue weighted by atomic mass is 10.0. The number of rotatable bonds is 10. The molecule has 1 N–H and O–H groups in total. The third-order valence-corrected chi connectivity index (χ3v) is 7.71. The van der Waals surface area contributed by atoms with Crippen LogP contribution in [0.15, 0.2) is 72.8 Å². The van der Waals surface area contributed by atoms with Crippen LogP contribution in [-0.2, 0) is 32.6 Å². The number of nitrogens with one attached hydrogen (secondary N) is 1. The number of aryl methyl sites for hydroxylation is 1. The first-order valence-corrected chi connectivity index (χ1v) is 15.2. The van der Waals surface area contributed by atoms with Crippen LogP contribution in [0.2, 0.25) is 0 Å². The Labute approximate surface area is 242 Å². The van der Waals surface area contributed by atoms with Gasteiger partial charge >= 0.3 is 0 Å². The SMILES string of the molecule is Cc1ccc(CN(C(=O)CN(c2ccc3c(c2)OCO3)S(C)(=O)=O)[C@H](Cc2ccccc2)C(=O)NC(C)(C)C)cc1. The summed E-state index contributed by atoms with van der Waals surface area (Å²) in [7, 11) is -3.89. The van der Waals surface area contributed by atoms with Crippen molar-refractivity contribution in [2.75, 3.05) is 23.9 Å². The van der Waals surface area contributed by atoms with E-state index in [2.05, 4.69) is 5.32 Å². The number of carbonyl (C=O) groups excluding carboxylic acids is 2. The van der Waals surface area contributed by atoms with E-state index in [0.717, 1.165) is 27.3 Å². The third kappa shape index (κ3) is 8.00. The second kappa shape index (κ2) is 12.2. The van der Waals surface area contributed by atoms with E-state index in [0.29, 0.717) is 11.5 Å². The lowest BCUT2D eigenvalue weighted by Crippen LogP contribution is -2.56. The van der Waals surface area contributed by atoms with Crippen molar-refractivity contribution in [3.05, 3.63) is 89.5 Å². The van der Waals surface area contributed by atoms with E-state index < -0.39 is 34.1 Å². The summed E-state index contributed by atoms with van der Waals surface area (Å²) in [5.41, 5.74) is 2.47. The summed E-state index contributed by atoms with van der Waals surface area (Å²) in [6, 6.07) is 21.0. The maximum atomic E-state index is 14.2. The van der Waals surface area contributed by atoms with Crippen molar-refractivity contribution in [3.63, 3.8) is 0 Å². The molecule has 0 fully saturated rings. The molecule has 2 amide bonds. The zero-order chi connectivity index (χ0) is 29.8. The summed E-state index contributed by atoms with van der Waals surface area (Å²) >= 11 is 0. The Morgan fingerprint density at radius 3 is 2.22 bits per heavy atom. The van der Waals surface area contributed by atoms with Gasteiger partial charge in [0.1, 0.15) is 12.6 Å². The van der Waals surface area contributed by atoms with Crippen LogP contribution in [0, 0.1) is 6.92 Å². The number of amides is 2. The molecule has 4 rings (SSSR count). The van der Waals surface area contributed by atoms with Crippen LogP contribution < -0.4 is 19.1 Å². The first-order valence-electron chi connectivity index (χ1n) is 13.4. The molecule has 218 valence electrons. The Morgan fingerprint density at radius 1 is 0.927 bits per heavy atom. The zero-order valence-corrected chi connectivity index (χ0v) is 24.9. The molecular weight excluding hydrogens is 542 g/mol. The van der Waals surface area contributed by atoms with Crippen LogP contribution in [0.4, 0.5) is 5.69 Å². The van der Waals surface area contributed by atoms with E-state index in [1.165, 1.54) is 11.0 Å². The highest BCUT2D eigenvalue weighted by molar-refractivity contribution is 7.92. The van der Waals surface area contributed by atoms with E-state index in [-0.39, 0.29) is 31.4 Å². The largest absolute Gasteiger partial charge is 0.454 e. The van der Waals surface area contributed by atoms with Crippen molar-refractivity contribution in [3.8, 4) is 11.5 Å². The maximum Gasteiger partial charge on any atom is 0.244 e. The molecule has 0 aliphatic carbocycles. The second-order valence-corrected chi connectivity index (χ2v) is 13.2. The quantitative estimate of drug-likeness (QED) is 0.389. The lowest BCUT2D eigenvalue weighted by molar-refractivity contribution is -0.140. The molecule has 0 radical (unpaired) electrons. The first kappa shape index (κ1) is 29.9. The van der Waals surface area contributed by atoms with E-state index in [1.807, 2.05) is 82.3 Å². The predicted octanol–water partition coefficient (Wildman–Crippen LogP) is 4.04. The minimum Gasteiger partial charge on any atom is -0.454 e. The molecule has 0 aromatic heterocycles. The van der Waals surface area contributed by atoms with Crippen molar-refractivity contribution in [1.82, 2.24) is 10.2 Å². The van der Waals surface area contributed by atoms with E-state index >= 15 is 0 Å². The molecule has 0 saturated heterocycles. The van der Waals surface area contributed by atoms with E-state index in [4.69, 9.17) is 9.47 Å². The van der Waals surface area contributed by atoms with Gasteiger partial charge in [-0.25, -0.2) is 8.42 Å². The van der Waals surface area contributed by atoms with Crippen LogP contribution in [-0.4, -0.2) is 56.3 Å². The van der Waals surface area contributed by atoms with Crippen molar-refractivity contribution < 1.29 is 27.5 Å². The van der Waals surface area contributed by atoms with Gasteiger partial charge in [-0.1, -0.05) is 60.2 Å². The molecule has 1 heterocycles. The Kier molecular flexibility index (Phi) is 8.92. The average molecular weight is 580 g/mol. The molecule has 10 heteroatoms. The molecular formula is C31H37N3O6S. The number of hydrogen-bond acceptors (Lipinski definition) is 6. The van der Waals surface area contributed by atoms with Gasteiger partial charge in [-0.15, -0.1) is 0 Å². The fraction of sp³-hybridized carbons (Fsp3) is 0.355. The summed E-state index contributed by atoms with van der Waals surface area (Å²) in [4.78, 5) is 29.4. The van der Waals surface area contributed by atoms with Crippen molar-refractivity contribution >= 4 is 27.5 Å². The van der Waals surface area contributed by atoms with E-state index in [9.17, 15) is 18.0 Å². The molecule has 1 aliphatic heterocycles. The fourth-order valence-corrected chi connectivity index (χ4v) is 5.39. The van der Waals surface area contributed by atoms with Crippen molar-refractivity contribution in [2.24, 2.45) is 0 Å². The van der Waals surface area contributed by atoms with Gasteiger partial charge in [0.2, 0.25) is 28.6 Å². The number of hydrogen-bond donors (Lipinski definition) is 1. The van der Waals surface area contributed by atoms with Gasteiger partial charge in [0.15, 0.2) is 11.5 Å². The Morgan fingerprint density at radius 2 is 1.59 bits per heavy atom. The number of nitrogens with zero attached hydrogens (tertiary/aromatic N) is 2. The number of fused-ring (bicyclic) bond motifs is 1. The predicted molar refractivity (Wildman–Crippen MR) is 158 cm³/mol. The Hall–Kier alpha value is -4.05. The topological polar surface area (TPSA) is 105 Å². The number of sulfonamides is 1. The monoisotopic (exact) mass is 579 g/mol. The molecule has 9 nitrogen and oxygen atoms in total. The molecule has 41 heavy (non-hydrogen) atoms. The molecule has 0 spiro atoms. The van der Waals surface area contributed by atoms with Gasteiger partial charge in [-0.05, 0) is 51.0 Å².